The van der Waals surface area contributed by atoms with Gasteiger partial charge in [0.15, 0.2) is 5.92 Å². The molecule has 2 N–H and O–H groups in total. The third-order valence-electron chi connectivity index (χ3n) is 4.36. The average Bonchev–Trinajstić information content (AvgIpc) is 2.58. The Morgan fingerprint density at radius 2 is 1.92 bits per heavy atom. The Hall–Kier alpha value is -2.54. The second-order valence-electron chi connectivity index (χ2n) is 6.72. The number of quaternary nitrogens is 1. The first-order valence-electron chi connectivity index (χ1n) is 8.93. The minimum atomic E-state index is -1.05. The SMILES string of the molecule is CCC(=NCCC[NH+](C)C)C1C(=O)NC(=O)N(c2ccccc2C)C1=O. The molecule has 1 atom stereocenters. The van der Waals surface area contributed by atoms with Crippen molar-refractivity contribution < 1.29 is 19.3 Å². The van der Waals surface area contributed by atoms with Crippen molar-refractivity contribution in [2.75, 3.05) is 32.1 Å². The van der Waals surface area contributed by atoms with E-state index in [1.807, 2.05) is 26.0 Å². The average molecular weight is 359 g/mol. The highest BCUT2D eigenvalue weighted by Crippen LogP contribution is 2.25. The fraction of sp³-hybridized carbons (Fsp3) is 0.474. The number of aliphatic imine (C=N–C) groups is 1. The number of barbiturate groups is 1. The second kappa shape index (κ2) is 8.71. The summed E-state index contributed by atoms with van der Waals surface area (Å²) in [4.78, 5) is 44.5. The highest BCUT2D eigenvalue weighted by Gasteiger charge is 2.43. The van der Waals surface area contributed by atoms with Gasteiger partial charge < -0.3 is 4.90 Å². The van der Waals surface area contributed by atoms with Crippen LogP contribution >= 0.6 is 0 Å². The number of urea groups is 1. The molecule has 7 nitrogen and oxygen atoms in total. The highest BCUT2D eigenvalue weighted by molar-refractivity contribution is 6.35. The summed E-state index contributed by atoms with van der Waals surface area (Å²) in [6.45, 7) is 5.20. The van der Waals surface area contributed by atoms with Gasteiger partial charge in [0.25, 0.3) is 5.91 Å². The van der Waals surface area contributed by atoms with E-state index < -0.39 is 23.8 Å². The van der Waals surface area contributed by atoms with Crippen LogP contribution in [0.4, 0.5) is 10.5 Å². The molecule has 0 spiro atoms. The topological polar surface area (TPSA) is 83.3 Å². The summed E-state index contributed by atoms with van der Waals surface area (Å²) in [7, 11) is 4.13. The number of hydrogen-bond acceptors (Lipinski definition) is 4. The maximum absolute atomic E-state index is 13.0. The molecule has 1 aliphatic rings. The molecule has 1 heterocycles. The number of amides is 4. The lowest BCUT2D eigenvalue weighted by Gasteiger charge is -2.31. The summed E-state index contributed by atoms with van der Waals surface area (Å²) >= 11 is 0. The molecular formula is C19H27N4O3+. The number of benzene rings is 1. The zero-order chi connectivity index (χ0) is 19.3. The molecule has 1 aromatic carbocycles. The Morgan fingerprint density at radius 3 is 2.54 bits per heavy atom. The molecule has 1 saturated heterocycles. The summed E-state index contributed by atoms with van der Waals surface area (Å²) in [6, 6.07) is 6.39. The number of carbonyl (C=O) groups is 3. The predicted molar refractivity (Wildman–Crippen MR) is 101 cm³/mol. The predicted octanol–water partition coefficient (Wildman–Crippen LogP) is 0.580. The molecule has 0 aromatic heterocycles. The van der Waals surface area contributed by atoms with Gasteiger partial charge in [-0.25, -0.2) is 9.69 Å². The number of carbonyl (C=O) groups excluding carboxylic acids is 3. The number of para-hydroxylation sites is 1. The zero-order valence-electron chi connectivity index (χ0n) is 15.8. The van der Waals surface area contributed by atoms with Crippen molar-refractivity contribution in [1.82, 2.24) is 5.32 Å². The molecule has 1 aromatic rings. The van der Waals surface area contributed by atoms with Crippen molar-refractivity contribution in [2.24, 2.45) is 10.9 Å². The molecule has 140 valence electrons. The smallest absolute Gasteiger partial charge is 0.335 e. The molecule has 1 unspecified atom stereocenters. The van der Waals surface area contributed by atoms with Crippen molar-refractivity contribution in [3.8, 4) is 0 Å². The van der Waals surface area contributed by atoms with E-state index in [9.17, 15) is 14.4 Å². The van der Waals surface area contributed by atoms with E-state index in [0.717, 1.165) is 23.4 Å². The van der Waals surface area contributed by atoms with Gasteiger partial charge in [0, 0.05) is 18.7 Å². The van der Waals surface area contributed by atoms with E-state index in [4.69, 9.17) is 0 Å². The largest absolute Gasteiger partial charge is 0.340 e. The first kappa shape index (κ1) is 19.8. The van der Waals surface area contributed by atoms with Crippen LogP contribution in [0.2, 0.25) is 0 Å². The molecule has 0 bridgehead atoms. The van der Waals surface area contributed by atoms with E-state index >= 15 is 0 Å². The maximum atomic E-state index is 13.0. The van der Waals surface area contributed by atoms with Gasteiger partial charge in [0.05, 0.1) is 26.3 Å². The molecule has 0 radical (unpaired) electrons. The standard InChI is InChI=1S/C19H26N4O3/c1-5-14(20-11-8-12-22(3)4)16-17(24)21-19(26)23(18(16)25)15-10-7-6-9-13(15)2/h6-7,9-10,16H,5,8,11-12H2,1-4H3,(H,21,24,26)/p+1. The number of aryl methyl sites for hydroxylation is 1. The van der Waals surface area contributed by atoms with Crippen LogP contribution in [0.15, 0.2) is 29.3 Å². The summed E-state index contributed by atoms with van der Waals surface area (Å²) in [5.41, 5.74) is 1.79. The van der Waals surface area contributed by atoms with Crippen molar-refractivity contribution in [3.05, 3.63) is 29.8 Å². The molecule has 0 saturated carbocycles. The summed E-state index contributed by atoms with van der Waals surface area (Å²) in [5, 5.41) is 2.30. The van der Waals surface area contributed by atoms with Crippen LogP contribution in [0.1, 0.15) is 25.3 Å². The molecule has 7 heteroatoms. The molecule has 1 fully saturated rings. The van der Waals surface area contributed by atoms with Crippen LogP contribution in [0.25, 0.3) is 0 Å². The number of nitrogens with zero attached hydrogens (tertiary/aromatic N) is 2. The summed E-state index contributed by atoms with van der Waals surface area (Å²) < 4.78 is 0. The molecule has 0 aliphatic carbocycles. The van der Waals surface area contributed by atoms with Crippen molar-refractivity contribution in [1.29, 1.82) is 0 Å². The van der Waals surface area contributed by atoms with Crippen LogP contribution in [0.5, 0.6) is 0 Å². The Bertz CT molecular complexity index is 727. The fourth-order valence-corrected chi connectivity index (χ4v) is 2.97. The van der Waals surface area contributed by atoms with Crippen LogP contribution < -0.4 is 15.1 Å². The fourth-order valence-electron chi connectivity index (χ4n) is 2.97. The summed E-state index contributed by atoms with van der Waals surface area (Å²) in [6.07, 6.45) is 1.35. The van der Waals surface area contributed by atoms with Gasteiger partial charge >= 0.3 is 6.03 Å². The van der Waals surface area contributed by atoms with Gasteiger partial charge in [-0.05, 0) is 25.0 Å². The maximum Gasteiger partial charge on any atom is 0.335 e. The van der Waals surface area contributed by atoms with Crippen LogP contribution in [-0.4, -0.2) is 50.7 Å². The van der Waals surface area contributed by atoms with Crippen molar-refractivity contribution in [3.63, 3.8) is 0 Å². The van der Waals surface area contributed by atoms with E-state index in [1.54, 1.807) is 12.1 Å². The second-order valence-corrected chi connectivity index (χ2v) is 6.72. The normalized spacial score (nSPS) is 18.5. The van der Waals surface area contributed by atoms with Gasteiger partial charge in [0.1, 0.15) is 0 Å². The number of rotatable bonds is 7. The lowest BCUT2D eigenvalue weighted by Crippen LogP contribution is -3.05. The van der Waals surface area contributed by atoms with Gasteiger partial charge in [-0.2, -0.15) is 0 Å². The zero-order valence-corrected chi connectivity index (χ0v) is 15.8. The molecule has 26 heavy (non-hydrogen) atoms. The molecule has 4 amide bonds. The van der Waals surface area contributed by atoms with E-state index in [-0.39, 0.29) is 0 Å². The lowest BCUT2D eigenvalue weighted by atomic mass is 9.95. The van der Waals surface area contributed by atoms with Gasteiger partial charge in [-0.1, -0.05) is 25.1 Å². The van der Waals surface area contributed by atoms with E-state index in [1.165, 1.54) is 4.90 Å². The third-order valence-corrected chi connectivity index (χ3v) is 4.36. The molecular weight excluding hydrogens is 332 g/mol. The van der Waals surface area contributed by atoms with Crippen LogP contribution in [0.3, 0.4) is 0 Å². The Balaban J connectivity index is 2.28. The van der Waals surface area contributed by atoms with Gasteiger partial charge in [-0.15, -0.1) is 0 Å². The van der Waals surface area contributed by atoms with Crippen molar-refractivity contribution in [2.45, 2.75) is 26.7 Å². The number of nitrogens with one attached hydrogen (secondary N) is 2. The molecule has 2 rings (SSSR count). The quantitative estimate of drug-likeness (QED) is 0.424. The highest BCUT2D eigenvalue weighted by atomic mass is 16.2. The van der Waals surface area contributed by atoms with Crippen LogP contribution in [0, 0.1) is 12.8 Å². The first-order chi connectivity index (χ1) is 12.4. The molecule has 1 aliphatic heterocycles. The number of imide groups is 2. The number of anilines is 1. The monoisotopic (exact) mass is 359 g/mol. The first-order valence-corrected chi connectivity index (χ1v) is 8.93. The Morgan fingerprint density at radius 1 is 1.23 bits per heavy atom. The Labute approximate surface area is 154 Å². The van der Waals surface area contributed by atoms with Gasteiger partial charge in [-0.3, -0.25) is 19.9 Å². The van der Waals surface area contributed by atoms with E-state index in [2.05, 4.69) is 24.4 Å². The van der Waals surface area contributed by atoms with Crippen LogP contribution in [-0.2, 0) is 9.59 Å². The lowest BCUT2D eigenvalue weighted by molar-refractivity contribution is -0.858. The summed E-state index contributed by atoms with van der Waals surface area (Å²) in [5.74, 6) is -2.18. The minimum Gasteiger partial charge on any atom is -0.340 e. The third kappa shape index (κ3) is 4.35. The van der Waals surface area contributed by atoms with E-state index in [0.29, 0.717) is 24.4 Å². The minimum absolute atomic E-state index is 0.481. The van der Waals surface area contributed by atoms with Gasteiger partial charge in [0.2, 0.25) is 5.91 Å². The Kier molecular flexibility index (Phi) is 6.63. The number of hydrogen-bond donors (Lipinski definition) is 2. The van der Waals surface area contributed by atoms with Crippen molar-refractivity contribution >= 4 is 29.2 Å².